The van der Waals surface area contributed by atoms with Crippen LogP contribution in [0.3, 0.4) is 0 Å². The third-order valence-electron chi connectivity index (χ3n) is 4.65. The molecular weight excluding hydrogens is 270 g/mol. The molecule has 3 heteroatoms. The van der Waals surface area contributed by atoms with Gasteiger partial charge < -0.3 is 4.57 Å². The maximum atomic E-state index is 4.71. The predicted octanol–water partition coefficient (Wildman–Crippen LogP) is 4.07. The van der Waals surface area contributed by atoms with E-state index in [0.717, 1.165) is 13.1 Å². The van der Waals surface area contributed by atoms with E-state index >= 15 is 0 Å². The molecule has 1 unspecified atom stereocenters. The lowest BCUT2D eigenvalue weighted by molar-refractivity contribution is 0.324. The molecule has 2 aromatic rings. The van der Waals surface area contributed by atoms with E-state index in [9.17, 15) is 0 Å². The van der Waals surface area contributed by atoms with Crippen LogP contribution in [0.2, 0.25) is 0 Å². The van der Waals surface area contributed by atoms with Crippen LogP contribution in [-0.2, 0) is 6.54 Å². The SMILES string of the molecule is Cc1cccc(CN2CCC(c3ncc(C)n3C(C)C)C2)c1. The molecule has 1 saturated heterocycles. The molecule has 1 aliphatic heterocycles. The summed E-state index contributed by atoms with van der Waals surface area (Å²) in [5.41, 5.74) is 4.05. The number of imidazole rings is 1. The zero-order valence-corrected chi connectivity index (χ0v) is 14.2. The van der Waals surface area contributed by atoms with Gasteiger partial charge in [-0.05, 0) is 46.2 Å². The fourth-order valence-corrected chi connectivity index (χ4v) is 3.69. The topological polar surface area (TPSA) is 21.1 Å². The van der Waals surface area contributed by atoms with Gasteiger partial charge in [0.05, 0.1) is 0 Å². The van der Waals surface area contributed by atoms with Crippen LogP contribution in [-0.4, -0.2) is 27.5 Å². The molecule has 0 spiro atoms. The zero-order valence-electron chi connectivity index (χ0n) is 14.2. The number of benzene rings is 1. The number of rotatable bonds is 4. The molecule has 2 heterocycles. The number of nitrogens with zero attached hydrogens (tertiary/aromatic N) is 3. The second kappa shape index (κ2) is 6.25. The quantitative estimate of drug-likeness (QED) is 0.848. The maximum Gasteiger partial charge on any atom is 0.113 e. The number of aryl methyl sites for hydroxylation is 2. The van der Waals surface area contributed by atoms with Crippen LogP contribution in [0.1, 0.15) is 54.9 Å². The van der Waals surface area contributed by atoms with Crippen molar-refractivity contribution in [2.24, 2.45) is 0 Å². The Morgan fingerprint density at radius 2 is 2.09 bits per heavy atom. The van der Waals surface area contributed by atoms with Crippen molar-refractivity contribution < 1.29 is 0 Å². The zero-order chi connectivity index (χ0) is 15.7. The molecule has 1 fully saturated rings. The highest BCUT2D eigenvalue weighted by Gasteiger charge is 2.28. The van der Waals surface area contributed by atoms with Crippen LogP contribution in [0, 0.1) is 13.8 Å². The monoisotopic (exact) mass is 297 g/mol. The van der Waals surface area contributed by atoms with E-state index in [1.165, 1.54) is 35.6 Å². The van der Waals surface area contributed by atoms with Gasteiger partial charge in [0.15, 0.2) is 0 Å². The van der Waals surface area contributed by atoms with Gasteiger partial charge in [-0.25, -0.2) is 4.98 Å². The van der Waals surface area contributed by atoms with E-state index < -0.39 is 0 Å². The van der Waals surface area contributed by atoms with Crippen molar-refractivity contribution in [1.82, 2.24) is 14.5 Å². The van der Waals surface area contributed by atoms with Crippen LogP contribution < -0.4 is 0 Å². The summed E-state index contributed by atoms with van der Waals surface area (Å²) in [5.74, 6) is 1.85. The number of hydrogen-bond donors (Lipinski definition) is 0. The molecule has 0 radical (unpaired) electrons. The van der Waals surface area contributed by atoms with Crippen molar-refractivity contribution in [2.45, 2.75) is 52.6 Å². The first-order valence-corrected chi connectivity index (χ1v) is 8.36. The molecule has 0 aliphatic carbocycles. The van der Waals surface area contributed by atoms with E-state index in [1.54, 1.807) is 0 Å². The van der Waals surface area contributed by atoms with Gasteiger partial charge in [0, 0.05) is 36.9 Å². The summed E-state index contributed by atoms with van der Waals surface area (Å²) in [5, 5.41) is 0. The second-order valence-corrected chi connectivity index (χ2v) is 6.93. The molecule has 3 rings (SSSR count). The number of likely N-dealkylation sites (tertiary alicyclic amines) is 1. The van der Waals surface area contributed by atoms with E-state index in [1.807, 2.05) is 6.20 Å². The number of hydrogen-bond acceptors (Lipinski definition) is 2. The van der Waals surface area contributed by atoms with Gasteiger partial charge in [-0.1, -0.05) is 29.8 Å². The van der Waals surface area contributed by atoms with E-state index in [2.05, 4.69) is 61.4 Å². The summed E-state index contributed by atoms with van der Waals surface area (Å²) in [4.78, 5) is 7.27. The molecule has 1 aliphatic rings. The second-order valence-electron chi connectivity index (χ2n) is 6.93. The average Bonchev–Trinajstić information content (AvgIpc) is 3.05. The fraction of sp³-hybridized carbons (Fsp3) is 0.526. The highest BCUT2D eigenvalue weighted by molar-refractivity contribution is 5.22. The predicted molar refractivity (Wildman–Crippen MR) is 91.2 cm³/mol. The Hall–Kier alpha value is -1.61. The molecular formula is C19H27N3. The van der Waals surface area contributed by atoms with Crippen LogP contribution in [0.4, 0.5) is 0 Å². The Kier molecular flexibility index (Phi) is 4.34. The van der Waals surface area contributed by atoms with Crippen molar-refractivity contribution in [1.29, 1.82) is 0 Å². The minimum Gasteiger partial charge on any atom is -0.330 e. The average molecular weight is 297 g/mol. The summed E-state index contributed by atoms with van der Waals surface area (Å²) in [6.07, 6.45) is 3.24. The van der Waals surface area contributed by atoms with Gasteiger partial charge in [0.1, 0.15) is 5.82 Å². The van der Waals surface area contributed by atoms with Gasteiger partial charge in [0.2, 0.25) is 0 Å². The molecule has 0 bridgehead atoms. The van der Waals surface area contributed by atoms with Gasteiger partial charge in [-0.2, -0.15) is 0 Å². The van der Waals surface area contributed by atoms with Crippen molar-refractivity contribution in [3.63, 3.8) is 0 Å². The lowest BCUT2D eigenvalue weighted by Crippen LogP contribution is -2.21. The van der Waals surface area contributed by atoms with Crippen molar-refractivity contribution >= 4 is 0 Å². The van der Waals surface area contributed by atoms with Crippen molar-refractivity contribution in [3.05, 3.63) is 53.1 Å². The first-order valence-electron chi connectivity index (χ1n) is 8.36. The van der Waals surface area contributed by atoms with Crippen LogP contribution >= 0.6 is 0 Å². The molecule has 0 saturated carbocycles. The maximum absolute atomic E-state index is 4.71. The summed E-state index contributed by atoms with van der Waals surface area (Å²) in [7, 11) is 0. The highest BCUT2D eigenvalue weighted by atomic mass is 15.2. The molecule has 1 aromatic heterocycles. The van der Waals surface area contributed by atoms with Gasteiger partial charge >= 0.3 is 0 Å². The van der Waals surface area contributed by atoms with Crippen LogP contribution in [0.15, 0.2) is 30.5 Å². The lowest BCUT2D eigenvalue weighted by Gasteiger charge is -2.19. The Balaban J connectivity index is 1.70. The van der Waals surface area contributed by atoms with Gasteiger partial charge in [-0.15, -0.1) is 0 Å². The van der Waals surface area contributed by atoms with Crippen molar-refractivity contribution in [3.8, 4) is 0 Å². The molecule has 22 heavy (non-hydrogen) atoms. The first-order chi connectivity index (χ1) is 10.5. The lowest BCUT2D eigenvalue weighted by atomic mass is 10.1. The molecule has 3 nitrogen and oxygen atoms in total. The minimum atomic E-state index is 0.489. The van der Waals surface area contributed by atoms with Crippen molar-refractivity contribution in [2.75, 3.05) is 13.1 Å². The summed E-state index contributed by atoms with van der Waals surface area (Å²) >= 11 is 0. The van der Waals surface area contributed by atoms with Crippen LogP contribution in [0.25, 0.3) is 0 Å². The molecule has 1 atom stereocenters. The normalized spacial score (nSPS) is 19.2. The van der Waals surface area contributed by atoms with Gasteiger partial charge in [-0.3, -0.25) is 4.90 Å². The highest BCUT2D eigenvalue weighted by Crippen LogP contribution is 2.29. The minimum absolute atomic E-state index is 0.489. The van der Waals surface area contributed by atoms with Crippen LogP contribution in [0.5, 0.6) is 0 Å². The number of aromatic nitrogens is 2. The van der Waals surface area contributed by atoms with E-state index in [-0.39, 0.29) is 0 Å². The first kappa shape index (κ1) is 15.3. The molecule has 0 amide bonds. The van der Waals surface area contributed by atoms with E-state index in [4.69, 9.17) is 4.98 Å². The standard InChI is InChI=1S/C19H27N3/c1-14(2)22-16(4)11-20-19(22)18-8-9-21(13-18)12-17-7-5-6-15(3)10-17/h5-7,10-11,14,18H,8-9,12-13H2,1-4H3. The Morgan fingerprint density at radius 3 is 2.82 bits per heavy atom. The Labute approximate surface area is 134 Å². The summed E-state index contributed by atoms with van der Waals surface area (Å²) in [6, 6.07) is 9.35. The smallest absolute Gasteiger partial charge is 0.113 e. The third-order valence-corrected chi connectivity index (χ3v) is 4.65. The molecule has 0 N–H and O–H groups in total. The summed E-state index contributed by atoms with van der Waals surface area (Å²) in [6.45, 7) is 12.2. The van der Waals surface area contributed by atoms with E-state index in [0.29, 0.717) is 12.0 Å². The van der Waals surface area contributed by atoms with Gasteiger partial charge in [0.25, 0.3) is 0 Å². The molecule has 118 valence electrons. The summed E-state index contributed by atoms with van der Waals surface area (Å²) < 4.78 is 2.40. The Morgan fingerprint density at radius 1 is 1.27 bits per heavy atom. The Bertz CT molecular complexity index is 642. The third kappa shape index (κ3) is 3.09. The molecule has 1 aromatic carbocycles. The fourth-order valence-electron chi connectivity index (χ4n) is 3.69. The largest absolute Gasteiger partial charge is 0.330 e.